The van der Waals surface area contributed by atoms with Crippen LogP contribution in [0.15, 0.2) is 24.3 Å². The second-order valence-electron chi connectivity index (χ2n) is 4.22. The summed E-state index contributed by atoms with van der Waals surface area (Å²) in [6.45, 7) is 2.07. The van der Waals surface area contributed by atoms with E-state index in [1.807, 2.05) is 23.9 Å². The molecule has 2 N–H and O–H groups in total. The fourth-order valence-electron chi connectivity index (χ4n) is 1.91. The Morgan fingerprint density at radius 2 is 1.88 bits per heavy atom. The van der Waals surface area contributed by atoms with Crippen LogP contribution in [-0.2, 0) is 11.5 Å². The van der Waals surface area contributed by atoms with Gasteiger partial charge in [0.1, 0.15) is 5.82 Å². The molecule has 0 atom stereocenters. The Hall–Kier alpha value is -1.55. The van der Waals surface area contributed by atoms with Crippen LogP contribution in [0.2, 0.25) is 0 Å². The molecule has 17 heavy (non-hydrogen) atoms. The summed E-state index contributed by atoms with van der Waals surface area (Å²) in [5.74, 6) is 3.26. The number of anilines is 1. The first-order valence-corrected chi connectivity index (χ1v) is 6.69. The molecule has 0 amide bonds. The number of benzene rings is 1. The highest BCUT2D eigenvalue weighted by atomic mass is 32.2. The molecule has 0 bridgehead atoms. The van der Waals surface area contributed by atoms with E-state index in [9.17, 15) is 0 Å². The lowest BCUT2D eigenvalue weighted by Gasteiger charge is -2.06. The van der Waals surface area contributed by atoms with Crippen LogP contribution in [-0.4, -0.2) is 9.97 Å². The smallest absolute Gasteiger partial charge is 0.161 e. The maximum absolute atomic E-state index is 5.98. The van der Waals surface area contributed by atoms with Gasteiger partial charge < -0.3 is 5.73 Å². The Balaban J connectivity index is 2.10. The number of thioether (sulfide) groups is 1. The third-order valence-corrected chi connectivity index (χ3v) is 3.89. The number of nitrogens with two attached hydrogens (primary N) is 1. The van der Waals surface area contributed by atoms with Gasteiger partial charge in [-0.05, 0) is 6.92 Å². The second-order valence-corrected chi connectivity index (χ2v) is 5.20. The Bertz CT molecular complexity index is 564. The van der Waals surface area contributed by atoms with Gasteiger partial charge in [0.05, 0.1) is 5.69 Å². The van der Waals surface area contributed by atoms with Gasteiger partial charge in [-0.1, -0.05) is 29.8 Å². The first kappa shape index (κ1) is 10.6. The van der Waals surface area contributed by atoms with Crippen molar-refractivity contribution in [2.75, 3.05) is 5.73 Å². The standard InChI is InChI=1S/C13H13N3S/c1-8-2-4-9(5-3-8)13-15-11-7-17-6-10(11)12(14)16-13/h2-5H,6-7H2,1H3,(H2,14,15,16). The minimum atomic E-state index is 0.635. The van der Waals surface area contributed by atoms with E-state index < -0.39 is 0 Å². The number of nitrogens with zero attached hydrogens (tertiary/aromatic N) is 2. The van der Waals surface area contributed by atoms with Gasteiger partial charge in [0, 0.05) is 22.6 Å². The number of aromatic nitrogens is 2. The monoisotopic (exact) mass is 243 g/mol. The zero-order chi connectivity index (χ0) is 11.8. The molecule has 0 unspecified atom stereocenters. The van der Waals surface area contributed by atoms with Crippen LogP contribution in [0.1, 0.15) is 16.8 Å². The molecule has 0 aliphatic carbocycles. The Morgan fingerprint density at radius 3 is 2.65 bits per heavy atom. The molecule has 0 spiro atoms. The van der Waals surface area contributed by atoms with Crippen LogP contribution in [0.5, 0.6) is 0 Å². The number of rotatable bonds is 1. The molecule has 4 heteroatoms. The summed E-state index contributed by atoms with van der Waals surface area (Å²) in [6, 6.07) is 8.21. The van der Waals surface area contributed by atoms with E-state index >= 15 is 0 Å². The third-order valence-electron chi connectivity index (χ3n) is 2.92. The van der Waals surface area contributed by atoms with Crippen molar-refractivity contribution >= 4 is 17.6 Å². The molecular weight excluding hydrogens is 230 g/mol. The fraction of sp³-hybridized carbons (Fsp3) is 0.231. The molecule has 0 radical (unpaired) electrons. The van der Waals surface area contributed by atoms with Crippen molar-refractivity contribution in [3.8, 4) is 11.4 Å². The molecular formula is C13H13N3S. The Labute approximate surface area is 104 Å². The lowest BCUT2D eigenvalue weighted by atomic mass is 10.1. The van der Waals surface area contributed by atoms with Gasteiger partial charge in [0.15, 0.2) is 5.82 Å². The molecule has 86 valence electrons. The SMILES string of the molecule is Cc1ccc(-c2nc(N)c3c(n2)CSC3)cc1. The number of hydrogen-bond acceptors (Lipinski definition) is 4. The molecule has 0 saturated carbocycles. The van der Waals surface area contributed by atoms with Gasteiger partial charge in [-0.2, -0.15) is 11.8 Å². The minimum Gasteiger partial charge on any atom is -0.383 e. The molecule has 3 nitrogen and oxygen atoms in total. The lowest BCUT2D eigenvalue weighted by Crippen LogP contribution is -2.02. The molecule has 0 saturated heterocycles. The van der Waals surface area contributed by atoms with Crippen molar-refractivity contribution in [1.82, 2.24) is 9.97 Å². The van der Waals surface area contributed by atoms with Gasteiger partial charge in [-0.25, -0.2) is 9.97 Å². The van der Waals surface area contributed by atoms with E-state index in [0.29, 0.717) is 5.82 Å². The highest BCUT2D eigenvalue weighted by molar-refractivity contribution is 7.98. The fourth-order valence-corrected chi connectivity index (χ4v) is 2.96. The van der Waals surface area contributed by atoms with Crippen molar-refractivity contribution in [1.29, 1.82) is 0 Å². The maximum Gasteiger partial charge on any atom is 0.161 e. The van der Waals surface area contributed by atoms with Crippen molar-refractivity contribution in [2.45, 2.75) is 18.4 Å². The van der Waals surface area contributed by atoms with Crippen LogP contribution in [0.25, 0.3) is 11.4 Å². The van der Waals surface area contributed by atoms with Crippen molar-refractivity contribution < 1.29 is 0 Å². The third kappa shape index (κ3) is 1.89. The molecule has 0 fully saturated rings. The molecule has 1 aliphatic heterocycles. The molecule has 1 aromatic heterocycles. The van der Waals surface area contributed by atoms with Crippen LogP contribution in [0.3, 0.4) is 0 Å². The molecule has 2 aromatic rings. The number of fused-ring (bicyclic) bond motifs is 1. The summed E-state index contributed by atoms with van der Waals surface area (Å²) >= 11 is 1.84. The average molecular weight is 243 g/mol. The summed E-state index contributed by atoms with van der Waals surface area (Å²) in [5.41, 5.74) is 10.5. The largest absolute Gasteiger partial charge is 0.383 e. The molecule has 1 aliphatic rings. The first-order chi connectivity index (χ1) is 8.24. The van der Waals surface area contributed by atoms with E-state index in [1.54, 1.807) is 0 Å². The predicted octanol–water partition coefficient (Wildman–Crippen LogP) is 2.78. The van der Waals surface area contributed by atoms with Crippen LogP contribution >= 0.6 is 11.8 Å². The summed E-state index contributed by atoms with van der Waals surface area (Å²) in [6.07, 6.45) is 0. The number of nitrogen functional groups attached to an aromatic ring is 1. The summed E-state index contributed by atoms with van der Waals surface area (Å²) in [7, 11) is 0. The maximum atomic E-state index is 5.98. The molecule has 1 aromatic carbocycles. The highest BCUT2D eigenvalue weighted by Crippen LogP contribution is 2.33. The number of hydrogen-bond donors (Lipinski definition) is 1. The van der Waals surface area contributed by atoms with Crippen LogP contribution in [0, 0.1) is 6.92 Å². The van der Waals surface area contributed by atoms with Crippen molar-refractivity contribution in [3.05, 3.63) is 41.1 Å². The minimum absolute atomic E-state index is 0.635. The summed E-state index contributed by atoms with van der Waals surface area (Å²) < 4.78 is 0. The highest BCUT2D eigenvalue weighted by Gasteiger charge is 2.18. The average Bonchev–Trinajstić information content (AvgIpc) is 2.78. The summed E-state index contributed by atoms with van der Waals surface area (Å²) in [5, 5.41) is 0. The number of aryl methyl sites for hydroxylation is 1. The van der Waals surface area contributed by atoms with Crippen LogP contribution in [0.4, 0.5) is 5.82 Å². The van der Waals surface area contributed by atoms with E-state index in [2.05, 4.69) is 29.0 Å². The Kier molecular flexibility index (Phi) is 2.52. The van der Waals surface area contributed by atoms with E-state index in [4.69, 9.17) is 5.73 Å². The Morgan fingerprint density at radius 1 is 1.12 bits per heavy atom. The van der Waals surface area contributed by atoms with Crippen molar-refractivity contribution in [2.24, 2.45) is 0 Å². The lowest BCUT2D eigenvalue weighted by molar-refractivity contribution is 1.08. The zero-order valence-corrected chi connectivity index (χ0v) is 10.4. The van der Waals surface area contributed by atoms with Crippen LogP contribution < -0.4 is 5.73 Å². The van der Waals surface area contributed by atoms with Gasteiger partial charge >= 0.3 is 0 Å². The second kappa shape index (κ2) is 4.04. The quantitative estimate of drug-likeness (QED) is 0.836. The van der Waals surface area contributed by atoms with E-state index in [0.717, 1.165) is 34.2 Å². The van der Waals surface area contributed by atoms with Gasteiger partial charge in [-0.3, -0.25) is 0 Å². The van der Waals surface area contributed by atoms with Crippen molar-refractivity contribution in [3.63, 3.8) is 0 Å². The van der Waals surface area contributed by atoms with E-state index in [1.165, 1.54) is 5.56 Å². The van der Waals surface area contributed by atoms with Gasteiger partial charge in [0.25, 0.3) is 0 Å². The van der Waals surface area contributed by atoms with Gasteiger partial charge in [-0.15, -0.1) is 0 Å². The topological polar surface area (TPSA) is 51.8 Å². The predicted molar refractivity (Wildman–Crippen MR) is 71.6 cm³/mol. The van der Waals surface area contributed by atoms with E-state index in [-0.39, 0.29) is 0 Å². The first-order valence-electron chi connectivity index (χ1n) is 5.54. The zero-order valence-electron chi connectivity index (χ0n) is 9.60. The molecule has 2 heterocycles. The normalized spacial score (nSPS) is 13.7. The van der Waals surface area contributed by atoms with Gasteiger partial charge in [0.2, 0.25) is 0 Å². The summed E-state index contributed by atoms with van der Waals surface area (Å²) in [4.78, 5) is 9.00. The molecule has 3 rings (SSSR count).